The van der Waals surface area contributed by atoms with Crippen molar-refractivity contribution in [3.8, 4) is 6.07 Å². The standard InChI is InChI=1S/C15H12ClNO/c16-14-7-5-13(6-8-14)15(18)9-11-1-3-12(10-17)4-2-11/h1-8,15,18H,9H2. The number of benzene rings is 2. The lowest BCUT2D eigenvalue weighted by Crippen LogP contribution is -2.01. The molecule has 2 aromatic rings. The molecular weight excluding hydrogens is 246 g/mol. The molecule has 0 aliphatic carbocycles. The van der Waals surface area contributed by atoms with Gasteiger partial charge in [-0.2, -0.15) is 5.26 Å². The van der Waals surface area contributed by atoms with Crippen LogP contribution in [0.15, 0.2) is 48.5 Å². The first-order valence-electron chi connectivity index (χ1n) is 5.61. The van der Waals surface area contributed by atoms with Crippen molar-refractivity contribution in [3.63, 3.8) is 0 Å². The number of hydrogen-bond acceptors (Lipinski definition) is 2. The molecule has 1 atom stereocenters. The van der Waals surface area contributed by atoms with E-state index in [1.807, 2.05) is 24.3 Å². The highest BCUT2D eigenvalue weighted by molar-refractivity contribution is 6.30. The molecule has 0 amide bonds. The molecule has 2 aromatic carbocycles. The maximum atomic E-state index is 10.1. The van der Waals surface area contributed by atoms with E-state index < -0.39 is 6.10 Å². The second kappa shape index (κ2) is 5.68. The lowest BCUT2D eigenvalue weighted by atomic mass is 10.0. The van der Waals surface area contributed by atoms with Gasteiger partial charge in [0.2, 0.25) is 0 Å². The van der Waals surface area contributed by atoms with Crippen LogP contribution in [0.3, 0.4) is 0 Å². The smallest absolute Gasteiger partial charge is 0.0991 e. The van der Waals surface area contributed by atoms with Gasteiger partial charge in [0.25, 0.3) is 0 Å². The molecule has 0 bridgehead atoms. The van der Waals surface area contributed by atoms with Crippen LogP contribution in [0.2, 0.25) is 5.02 Å². The van der Waals surface area contributed by atoms with Crippen LogP contribution in [-0.4, -0.2) is 5.11 Å². The number of rotatable bonds is 3. The molecule has 2 rings (SSSR count). The average Bonchev–Trinajstić information content (AvgIpc) is 2.40. The molecule has 1 unspecified atom stereocenters. The van der Waals surface area contributed by atoms with Gasteiger partial charge < -0.3 is 5.11 Å². The maximum Gasteiger partial charge on any atom is 0.0991 e. The minimum Gasteiger partial charge on any atom is -0.388 e. The van der Waals surface area contributed by atoms with Crippen molar-refractivity contribution in [3.05, 3.63) is 70.2 Å². The molecular formula is C15H12ClNO. The van der Waals surface area contributed by atoms with Crippen LogP contribution in [0.4, 0.5) is 0 Å². The van der Waals surface area contributed by atoms with E-state index in [0.29, 0.717) is 17.0 Å². The Kier molecular flexibility index (Phi) is 3.99. The minimum atomic E-state index is -0.560. The lowest BCUT2D eigenvalue weighted by molar-refractivity contribution is 0.178. The van der Waals surface area contributed by atoms with Crippen molar-refractivity contribution in [2.45, 2.75) is 12.5 Å². The monoisotopic (exact) mass is 257 g/mol. The summed E-state index contributed by atoms with van der Waals surface area (Å²) >= 11 is 5.80. The molecule has 0 spiro atoms. The van der Waals surface area contributed by atoms with Crippen LogP contribution in [0.25, 0.3) is 0 Å². The van der Waals surface area contributed by atoms with E-state index in [9.17, 15) is 5.11 Å². The topological polar surface area (TPSA) is 44.0 Å². The second-order valence-electron chi connectivity index (χ2n) is 4.08. The van der Waals surface area contributed by atoms with Crippen LogP contribution in [0.1, 0.15) is 22.8 Å². The van der Waals surface area contributed by atoms with Gasteiger partial charge in [0.05, 0.1) is 17.7 Å². The van der Waals surface area contributed by atoms with Crippen molar-refractivity contribution in [1.82, 2.24) is 0 Å². The lowest BCUT2D eigenvalue weighted by Gasteiger charge is -2.11. The number of halogens is 1. The zero-order valence-electron chi connectivity index (χ0n) is 9.68. The van der Waals surface area contributed by atoms with Crippen LogP contribution in [0.5, 0.6) is 0 Å². The van der Waals surface area contributed by atoms with Crippen LogP contribution in [-0.2, 0) is 6.42 Å². The van der Waals surface area contributed by atoms with Crippen molar-refractivity contribution < 1.29 is 5.11 Å². The highest BCUT2D eigenvalue weighted by atomic mass is 35.5. The quantitative estimate of drug-likeness (QED) is 0.915. The van der Waals surface area contributed by atoms with Gasteiger partial charge in [-0.15, -0.1) is 0 Å². The van der Waals surface area contributed by atoms with Crippen LogP contribution >= 0.6 is 11.6 Å². The van der Waals surface area contributed by atoms with Gasteiger partial charge in [0, 0.05) is 11.4 Å². The average molecular weight is 258 g/mol. The predicted molar refractivity (Wildman–Crippen MR) is 71.3 cm³/mol. The van der Waals surface area contributed by atoms with Crippen molar-refractivity contribution in [2.75, 3.05) is 0 Å². The Balaban J connectivity index is 2.08. The summed E-state index contributed by atoms with van der Waals surface area (Å²) in [5.41, 5.74) is 2.46. The zero-order valence-corrected chi connectivity index (χ0v) is 10.4. The Labute approximate surface area is 111 Å². The molecule has 0 aliphatic rings. The number of nitriles is 1. The molecule has 0 saturated heterocycles. The third-order valence-electron chi connectivity index (χ3n) is 2.77. The normalized spacial score (nSPS) is 11.8. The summed E-state index contributed by atoms with van der Waals surface area (Å²) in [6.07, 6.45) is -0.0388. The van der Waals surface area contributed by atoms with E-state index >= 15 is 0 Å². The van der Waals surface area contributed by atoms with E-state index in [1.54, 1.807) is 24.3 Å². The molecule has 0 aromatic heterocycles. The number of hydrogen-bond donors (Lipinski definition) is 1. The molecule has 18 heavy (non-hydrogen) atoms. The summed E-state index contributed by atoms with van der Waals surface area (Å²) in [5, 5.41) is 19.4. The van der Waals surface area contributed by atoms with Crippen molar-refractivity contribution in [1.29, 1.82) is 5.26 Å². The van der Waals surface area contributed by atoms with Gasteiger partial charge in [-0.3, -0.25) is 0 Å². The molecule has 3 heteroatoms. The van der Waals surface area contributed by atoms with Gasteiger partial charge in [0.15, 0.2) is 0 Å². The molecule has 90 valence electrons. The Morgan fingerprint density at radius 3 is 2.22 bits per heavy atom. The SMILES string of the molecule is N#Cc1ccc(CC(O)c2ccc(Cl)cc2)cc1. The fraction of sp³-hybridized carbons (Fsp3) is 0.133. The molecule has 1 N–H and O–H groups in total. The van der Waals surface area contributed by atoms with Crippen LogP contribution < -0.4 is 0 Å². The summed E-state index contributed by atoms with van der Waals surface area (Å²) in [7, 11) is 0. The Morgan fingerprint density at radius 1 is 1.06 bits per heavy atom. The molecule has 2 nitrogen and oxygen atoms in total. The first kappa shape index (κ1) is 12.6. The summed E-state index contributed by atoms with van der Waals surface area (Å²) < 4.78 is 0. The summed E-state index contributed by atoms with van der Waals surface area (Å²) in [5.74, 6) is 0. The Morgan fingerprint density at radius 2 is 1.67 bits per heavy atom. The van der Waals surface area contributed by atoms with Gasteiger partial charge in [-0.05, 0) is 35.4 Å². The van der Waals surface area contributed by atoms with Crippen molar-refractivity contribution >= 4 is 11.6 Å². The van der Waals surface area contributed by atoms with E-state index in [2.05, 4.69) is 6.07 Å². The summed E-state index contributed by atoms with van der Waals surface area (Å²) in [4.78, 5) is 0. The molecule has 0 radical (unpaired) electrons. The van der Waals surface area contributed by atoms with Gasteiger partial charge in [0.1, 0.15) is 0 Å². The highest BCUT2D eigenvalue weighted by Crippen LogP contribution is 2.20. The maximum absolute atomic E-state index is 10.1. The summed E-state index contributed by atoms with van der Waals surface area (Å²) in [6.45, 7) is 0. The van der Waals surface area contributed by atoms with Gasteiger partial charge in [-0.25, -0.2) is 0 Å². The number of aliphatic hydroxyl groups excluding tert-OH is 1. The zero-order chi connectivity index (χ0) is 13.0. The molecule has 0 aliphatic heterocycles. The van der Waals surface area contributed by atoms with E-state index in [1.165, 1.54) is 0 Å². The largest absolute Gasteiger partial charge is 0.388 e. The first-order chi connectivity index (χ1) is 8.69. The predicted octanol–water partition coefficient (Wildman–Crippen LogP) is 3.49. The van der Waals surface area contributed by atoms with Crippen LogP contribution in [0, 0.1) is 11.3 Å². The fourth-order valence-electron chi connectivity index (χ4n) is 1.74. The fourth-order valence-corrected chi connectivity index (χ4v) is 1.87. The highest BCUT2D eigenvalue weighted by Gasteiger charge is 2.08. The molecule has 0 heterocycles. The van der Waals surface area contributed by atoms with Gasteiger partial charge >= 0.3 is 0 Å². The van der Waals surface area contributed by atoms with E-state index in [0.717, 1.165) is 11.1 Å². The van der Waals surface area contributed by atoms with E-state index in [-0.39, 0.29) is 0 Å². The third-order valence-corrected chi connectivity index (χ3v) is 3.02. The third kappa shape index (κ3) is 3.10. The van der Waals surface area contributed by atoms with Crippen molar-refractivity contribution in [2.24, 2.45) is 0 Å². The van der Waals surface area contributed by atoms with Gasteiger partial charge in [-0.1, -0.05) is 35.9 Å². The first-order valence-corrected chi connectivity index (χ1v) is 5.99. The number of nitrogens with zero attached hydrogens (tertiary/aromatic N) is 1. The second-order valence-corrected chi connectivity index (χ2v) is 4.52. The minimum absolute atomic E-state index is 0.521. The Bertz CT molecular complexity index is 555. The molecule has 0 saturated carbocycles. The van der Waals surface area contributed by atoms with E-state index in [4.69, 9.17) is 16.9 Å². The number of aliphatic hydroxyl groups is 1. The summed E-state index contributed by atoms with van der Waals surface area (Å²) in [6, 6.07) is 16.5. The Hall–Kier alpha value is -1.82. The molecule has 0 fully saturated rings.